The van der Waals surface area contributed by atoms with Crippen LogP contribution in [-0.4, -0.2) is 36.5 Å². The summed E-state index contributed by atoms with van der Waals surface area (Å²) >= 11 is 0.980. The van der Waals surface area contributed by atoms with Crippen LogP contribution in [0, 0.1) is 0 Å². The first-order chi connectivity index (χ1) is 11.6. The summed E-state index contributed by atoms with van der Waals surface area (Å²) in [5.74, 6) is -0.714. The molecule has 1 aromatic carbocycles. The molecule has 1 heterocycles. The van der Waals surface area contributed by atoms with Gasteiger partial charge < -0.3 is 4.74 Å². The number of carbonyl (C=O) groups is 1. The third-order valence-electron chi connectivity index (χ3n) is 3.25. The Labute approximate surface area is 149 Å². The van der Waals surface area contributed by atoms with Gasteiger partial charge in [0.2, 0.25) is 20.0 Å². The first-order valence-electron chi connectivity index (χ1n) is 6.92. The van der Waals surface area contributed by atoms with Crippen molar-refractivity contribution >= 4 is 37.4 Å². The number of nitrogens with one attached hydrogen (secondary N) is 1. The fourth-order valence-electron chi connectivity index (χ4n) is 2.00. The number of sulfonamides is 2. The molecule has 0 aliphatic carbocycles. The van der Waals surface area contributed by atoms with E-state index in [4.69, 9.17) is 5.14 Å². The Morgan fingerprint density at radius 2 is 1.80 bits per heavy atom. The van der Waals surface area contributed by atoms with Crippen molar-refractivity contribution in [3.05, 3.63) is 46.2 Å². The Morgan fingerprint density at radius 3 is 2.36 bits per heavy atom. The van der Waals surface area contributed by atoms with Gasteiger partial charge in [0.25, 0.3) is 0 Å². The topological polar surface area (TPSA) is 133 Å². The van der Waals surface area contributed by atoms with Crippen LogP contribution >= 0.6 is 11.3 Å². The van der Waals surface area contributed by atoms with E-state index in [-0.39, 0.29) is 21.2 Å². The molecule has 0 aliphatic rings. The normalized spacial score (nSPS) is 12.1. The van der Waals surface area contributed by atoms with E-state index < -0.39 is 26.0 Å². The molecule has 2 aromatic rings. The maximum atomic E-state index is 12.3. The first-order valence-corrected chi connectivity index (χ1v) is 10.8. The third kappa shape index (κ3) is 4.86. The molecular formula is C14H16N2O6S3. The van der Waals surface area contributed by atoms with E-state index in [1.165, 1.54) is 30.7 Å². The van der Waals surface area contributed by atoms with Crippen molar-refractivity contribution < 1.29 is 26.4 Å². The van der Waals surface area contributed by atoms with Crippen LogP contribution in [-0.2, 0) is 31.2 Å². The molecule has 0 amide bonds. The van der Waals surface area contributed by atoms with E-state index in [9.17, 15) is 21.6 Å². The zero-order valence-corrected chi connectivity index (χ0v) is 15.6. The number of nitrogens with two attached hydrogens (primary N) is 1. The number of primary sulfonamides is 1. The second kappa shape index (κ2) is 7.62. The van der Waals surface area contributed by atoms with E-state index in [0.29, 0.717) is 6.42 Å². The number of rotatable bonds is 7. The minimum absolute atomic E-state index is 0.00695. The van der Waals surface area contributed by atoms with Gasteiger partial charge in [-0.1, -0.05) is 12.1 Å². The lowest BCUT2D eigenvalue weighted by atomic mass is 10.2. The summed E-state index contributed by atoms with van der Waals surface area (Å²) in [7, 11) is -6.45. The fraction of sp³-hybridized carbons (Fsp3) is 0.214. The quantitative estimate of drug-likeness (QED) is 0.653. The molecule has 0 saturated heterocycles. The van der Waals surface area contributed by atoms with Crippen LogP contribution in [0.15, 0.2) is 45.5 Å². The van der Waals surface area contributed by atoms with Gasteiger partial charge in [-0.25, -0.2) is 31.5 Å². The molecule has 3 N–H and O–H groups in total. The molecule has 1 aromatic heterocycles. The lowest BCUT2D eigenvalue weighted by molar-refractivity contribution is 0.0602. The Kier molecular flexibility index (Phi) is 5.95. The molecule has 0 fully saturated rings. The summed E-state index contributed by atoms with van der Waals surface area (Å²) in [6, 6.07) is 7.15. The average molecular weight is 404 g/mol. The Bertz CT molecular complexity index is 962. The standard InChI is InChI=1S/C14H16N2O6S3/c1-22-14(17)13-12(7-9-23-13)25(20,21)16-8-6-10-2-4-11(5-3-10)24(15,18)19/h2-5,7,9,16H,6,8H2,1H3,(H2,15,18,19). The number of esters is 1. The highest BCUT2D eigenvalue weighted by atomic mass is 32.2. The number of ether oxygens (including phenoxy) is 1. The lowest BCUT2D eigenvalue weighted by Crippen LogP contribution is -2.27. The van der Waals surface area contributed by atoms with Gasteiger partial charge in [-0.05, 0) is 35.6 Å². The van der Waals surface area contributed by atoms with Crippen molar-refractivity contribution in [2.45, 2.75) is 16.2 Å². The maximum Gasteiger partial charge on any atom is 0.349 e. The van der Waals surface area contributed by atoms with Gasteiger partial charge in [0.05, 0.1) is 12.0 Å². The van der Waals surface area contributed by atoms with Crippen molar-refractivity contribution in [3.63, 3.8) is 0 Å². The lowest BCUT2D eigenvalue weighted by Gasteiger charge is -2.07. The predicted molar refractivity (Wildman–Crippen MR) is 92.4 cm³/mol. The number of hydrogen-bond donors (Lipinski definition) is 2. The number of hydrogen-bond acceptors (Lipinski definition) is 7. The molecule has 0 spiro atoms. The van der Waals surface area contributed by atoms with E-state index >= 15 is 0 Å². The first kappa shape index (κ1) is 19.5. The summed E-state index contributed by atoms with van der Waals surface area (Å²) in [5, 5.41) is 6.50. The Hall–Kier alpha value is -1.79. The average Bonchev–Trinajstić information content (AvgIpc) is 3.04. The third-order valence-corrected chi connectivity index (χ3v) is 6.70. The zero-order valence-electron chi connectivity index (χ0n) is 13.1. The van der Waals surface area contributed by atoms with Crippen LogP contribution in [0.1, 0.15) is 15.2 Å². The smallest absolute Gasteiger partial charge is 0.349 e. The second-order valence-electron chi connectivity index (χ2n) is 4.94. The van der Waals surface area contributed by atoms with Crippen molar-refractivity contribution in [2.24, 2.45) is 5.14 Å². The van der Waals surface area contributed by atoms with Crippen LogP contribution in [0.25, 0.3) is 0 Å². The van der Waals surface area contributed by atoms with Crippen LogP contribution < -0.4 is 9.86 Å². The van der Waals surface area contributed by atoms with Gasteiger partial charge in [-0.3, -0.25) is 0 Å². The van der Waals surface area contributed by atoms with Crippen molar-refractivity contribution in [1.82, 2.24) is 4.72 Å². The summed E-state index contributed by atoms with van der Waals surface area (Å²) in [4.78, 5) is 11.4. The van der Waals surface area contributed by atoms with E-state index in [0.717, 1.165) is 16.9 Å². The largest absolute Gasteiger partial charge is 0.465 e. The zero-order chi connectivity index (χ0) is 18.7. The monoisotopic (exact) mass is 404 g/mol. The van der Waals surface area contributed by atoms with Crippen LogP contribution in [0.2, 0.25) is 0 Å². The molecule has 2 rings (SSSR count). The van der Waals surface area contributed by atoms with Crippen LogP contribution in [0.5, 0.6) is 0 Å². The Morgan fingerprint density at radius 1 is 1.16 bits per heavy atom. The van der Waals surface area contributed by atoms with Gasteiger partial charge >= 0.3 is 5.97 Å². The van der Waals surface area contributed by atoms with Gasteiger partial charge in [0.15, 0.2) is 0 Å². The highest BCUT2D eigenvalue weighted by Gasteiger charge is 2.24. The summed E-state index contributed by atoms with van der Waals surface area (Å²) in [6.07, 6.45) is 0.335. The molecule has 0 aliphatic heterocycles. The number of carbonyl (C=O) groups excluding carboxylic acids is 1. The maximum absolute atomic E-state index is 12.3. The predicted octanol–water partition coefficient (Wildman–Crippen LogP) is 0.703. The van der Waals surface area contributed by atoms with Gasteiger partial charge in [0.1, 0.15) is 9.77 Å². The molecule has 0 bridgehead atoms. The van der Waals surface area contributed by atoms with Crippen molar-refractivity contribution in [2.75, 3.05) is 13.7 Å². The molecule has 0 atom stereocenters. The molecular weight excluding hydrogens is 388 g/mol. The highest BCUT2D eigenvalue weighted by molar-refractivity contribution is 7.89. The van der Waals surface area contributed by atoms with E-state index in [1.54, 1.807) is 12.1 Å². The molecule has 11 heteroatoms. The highest BCUT2D eigenvalue weighted by Crippen LogP contribution is 2.22. The minimum atomic E-state index is -3.86. The van der Waals surface area contributed by atoms with Crippen molar-refractivity contribution in [3.8, 4) is 0 Å². The molecule has 0 saturated carbocycles. The van der Waals surface area contributed by atoms with Gasteiger partial charge in [-0.2, -0.15) is 0 Å². The molecule has 0 radical (unpaired) electrons. The second-order valence-corrected chi connectivity index (χ2v) is 9.16. The van der Waals surface area contributed by atoms with E-state index in [1.807, 2.05) is 0 Å². The molecule has 136 valence electrons. The minimum Gasteiger partial charge on any atom is -0.465 e. The molecule has 25 heavy (non-hydrogen) atoms. The van der Waals surface area contributed by atoms with Crippen LogP contribution in [0.3, 0.4) is 0 Å². The van der Waals surface area contributed by atoms with E-state index in [2.05, 4.69) is 9.46 Å². The van der Waals surface area contributed by atoms with Gasteiger partial charge in [-0.15, -0.1) is 11.3 Å². The number of methoxy groups -OCH3 is 1. The molecule has 8 nitrogen and oxygen atoms in total. The number of thiophene rings is 1. The molecule has 0 unspecified atom stereocenters. The summed E-state index contributed by atoms with van der Waals surface area (Å²) in [5.41, 5.74) is 0.730. The van der Waals surface area contributed by atoms with Crippen molar-refractivity contribution in [1.29, 1.82) is 0 Å². The van der Waals surface area contributed by atoms with Gasteiger partial charge in [0, 0.05) is 6.54 Å². The fourth-order valence-corrected chi connectivity index (χ4v) is 4.88. The summed E-state index contributed by atoms with van der Waals surface area (Å²) < 4.78 is 53.9. The number of benzene rings is 1. The summed E-state index contributed by atoms with van der Waals surface area (Å²) in [6.45, 7) is 0.0769. The van der Waals surface area contributed by atoms with Crippen LogP contribution in [0.4, 0.5) is 0 Å². The Balaban J connectivity index is 2.04. The SMILES string of the molecule is COC(=O)c1sccc1S(=O)(=O)NCCc1ccc(S(N)(=O)=O)cc1.